The maximum absolute atomic E-state index is 13.5. The summed E-state index contributed by atoms with van der Waals surface area (Å²) in [6, 6.07) is -8.87. The molecular formula is C35H53N7O18. The maximum Gasteiger partial charge on any atom is 0.303 e. The van der Waals surface area contributed by atoms with E-state index >= 15 is 0 Å². The number of ketones is 1. The predicted octanol–water partition coefficient (Wildman–Crippen LogP) is -3.71. The van der Waals surface area contributed by atoms with Crippen LogP contribution >= 0.6 is 0 Å². The third-order valence-electron chi connectivity index (χ3n) is 8.94. The molecule has 12 N–H and O–H groups in total. The highest BCUT2D eigenvalue weighted by atomic mass is 16.5. The molecule has 0 aromatic heterocycles. The van der Waals surface area contributed by atoms with Crippen LogP contribution in [0.25, 0.3) is 0 Å². The molecule has 0 radical (unpaired) electrons. The van der Waals surface area contributed by atoms with Crippen molar-refractivity contribution >= 4 is 71.1 Å². The number of ether oxygens (including phenoxy) is 1. The summed E-state index contributed by atoms with van der Waals surface area (Å²) in [5.41, 5.74) is 5.68. The molecule has 0 aliphatic carbocycles. The molecule has 0 spiro atoms. The molecule has 6 amide bonds. The first-order valence-corrected chi connectivity index (χ1v) is 18.8. The van der Waals surface area contributed by atoms with Crippen LogP contribution in [0.1, 0.15) is 84.0 Å². The number of carbonyl (C=O) groups excluding carboxylic acids is 7. The number of aliphatic carboxylic acids is 5. The van der Waals surface area contributed by atoms with Gasteiger partial charge in [0, 0.05) is 45.2 Å². The second-order valence-electron chi connectivity index (χ2n) is 13.7. The van der Waals surface area contributed by atoms with Crippen LogP contribution in [0.4, 0.5) is 0 Å². The van der Waals surface area contributed by atoms with Crippen LogP contribution in [0.3, 0.4) is 0 Å². The molecule has 0 bridgehead atoms. The molecule has 1 heterocycles. The van der Waals surface area contributed by atoms with Gasteiger partial charge in [0.05, 0.1) is 18.7 Å². The number of carbonyl (C=O) groups is 12. The van der Waals surface area contributed by atoms with Crippen LogP contribution in [0.2, 0.25) is 0 Å². The number of hydrogen-bond donors (Lipinski definition) is 11. The quantitative estimate of drug-likeness (QED) is 0.0310. The molecular weight excluding hydrogens is 806 g/mol. The van der Waals surface area contributed by atoms with Gasteiger partial charge in [-0.05, 0) is 51.9 Å². The summed E-state index contributed by atoms with van der Waals surface area (Å²) in [5.74, 6) is -13.2. The van der Waals surface area contributed by atoms with Crippen molar-refractivity contribution in [3.63, 3.8) is 0 Å². The van der Waals surface area contributed by atoms with Crippen LogP contribution in [-0.2, 0) is 62.3 Å². The van der Waals surface area contributed by atoms with Crippen LogP contribution in [0.15, 0.2) is 0 Å². The average Bonchev–Trinajstić information content (AvgIpc) is 3.67. The number of nitrogens with two attached hydrogens (primary N) is 1. The Morgan fingerprint density at radius 2 is 0.950 bits per heavy atom. The van der Waals surface area contributed by atoms with Crippen molar-refractivity contribution < 1.29 is 87.8 Å². The van der Waals surface area contributed by atoms with E-state index in [0.29, 0.717) is 19.4 Å². The minimum absolute atomic E-state index is 0.169. The van der Waals surface area contributed by atoms with Crippen molar-refractivity contribution in [3.05, 3.63) is 0 Å². The number of carboxylic acid groups (broad SMARTS) is 5. The summed E-state index contributed by atoms with van der Waals surface area (Å²) in [6.07, 6.45) is -4.91. The summed E-state index contributed by atoms with van der Waals surface area (Å²) in [7, 11) is 0. The first-order valence-electron chi connectivity index (χ1n) is 18.8. The van der Waals surface area contributed by atoms with E-state index in [1.807, 2.05) is 0 Å². The van der Waals surface area contributed by atoms with E-state index in [1.165, 1.54) is 11.8 Å². The van der Waals surface area contributed by atoms with Crippen molar-refractivity contribution in [2.45, 2.75) is 120 Å². The number of likely N-dealkylation sites (tertiary alicyclic amines) is 1. The molecule has 0 saturated carbocycles. The van der Waals surface area contributed by atoms with E-state index in [2.05, 4.69) is 26.6 Å². The summed E-state index contributed by atoms with van der Waals surface area (Å²) in [5, 5.41) is 57.0. The first-order chi connectivity index (χ1) is 28.1. The van der Waals surface area contributed by atoms with Gasteiger partial charge in [0.1, 0.15) is 30.8 Å². The molecule has 1 fully saturated rings. The fraction of sp³-hybridized carbons (Fsp3) is 0.657. The molecule has 25 nitrogen and oxygen atoms in total. The Bertz CT molecular complexity index is 1610. The SMILES string of the molecule is CC(=O)[C@@H]1CCCN1C(=O)COCCNC(=O)[C@@H](CCC(=O)O)NC(=O)[C@@H](CCC(=O)O)NC(=O)[C@@H](CCC(=O)O)NC(=O)[C@@H](CCC(=O)O)NC(=O)[C@H](N)CCC(=O)O. The number of hydrogen-bond acceptors (Lipinski definition) is 14. The van der Waals surface area contributed by atoms with E-state index in [-0.39, 0.29) is 25.4 Å². The van der Waals surface area contributed by atoms with E-state index in [0.717, 1.165) is 0 Å². The summed E-state index contributed by atoms with van der Waals surface area (Å²) >= 11 is 0. The Hall–Kier alpha value is -6.24. The van der Waals surface area contributed by atoms with Gasteiger partial charge in [-0.3, -0.25) is 57.5 Å². The van der Waals surface area contributed by atoms with Gasteiger partial charge in [0.15, 0.2) is 5.78 Å². The Labute approximate surface area is 342 Å². The summed E-state index contributed by atoms with van der Waals surface area (Å²) in [4.78, 5) is 148. The zero-order valence-electron chi connectivity index (χ0n) is 32.8. The zero-order valence-corrected chi connectivity index (χ0v) is 32.8. The smallest absolute Gasteiger partial charge is 0.303 e. The number of carboxylic acids is 5. The van der Waals surface area contributed by atoms with E-state index < -0.39 is 166 Å². The highest BCUT2D eigenvalue weighted by molar-refractivity contribution is 5.96. The Morgan fingerprint density at radius 3 is 1.33 bits per heavy atom. The summed E-state index contributed by atoms with van der Waals surface area (Å²) < 4.78 is 5.31. The highest BCUT2D eigenvalue weighted by Crippen LogP contribution is 2.18. The fourth-order valence-electron chi connectivity index (χ4n) is 5.75. The predicted molar refractivity (Wildman–Crippen MR) is 199 cm³/mol. The monoisotopic (exact) mass is 859 g/mol. The minimum atomic E-state index is -1.81. The van der Waals surface area contributed by atoms with Crippen LogP contribution in [0.5, 0.6) is 0 Å². The molecule has 1 saturated heterocycles. The Morgan fingerprint density at radius 1 is 0.583 bits per heavy atom. The van der Waals surface area contributed by atoms with E-state index in [1.54, 1.807) is 0 Å². The van der Waals surface area contributed by atoms with Crippen molar-refractivity contribution in [2.24, 2.45) is 5.73 Å². The first kappa shape index (κ1) is 51.8. The van der Waals surface area contributed by atoms with Crippen molar-refractivity contribution in [3.8, 4) is 0 Å². The van der Waals surface area contributed by atoms with Crippen molar-refractivity contribution in [1.29, 1.82) is 0 Å². The minimum Gasteiger partial charge on any atom is -0.481 e. The number of nitrogens with zero attached hydrogens (tertiary/aromatic N) is 1. The van der Waals surface area contributed by atoms with Gasteiger partial charge in [0.2, 0.25) is 35.4 Å². The Balaban J connectivity index is 3.15. The lowest BCUT2D eigenvalue weighted by Crippen LogP contribution is -2.59. The molecule has 0 aromatic carbocycles. The van der Waals surface area contributed by atoms with Gasteiger partial charge in [0.25, 0.3) is 0 Å². The van der Waals surface area contributed by atoms with Crippen LogP contribution < -0.4 is 32.3 Å². The summed E-state index contributed by atoms with van der Waals surface area (Å²) in [6.45, 7) is 0.903. The standard InChI is InChI=1S/C35H53N7O18/c1-18(43)24-3-2-15-42(24)25(44)17-60-16-14-37-32(56)20(5-10-27(47)48)39-34(58)22(7-12-29(51)52)41-35(59)23(8-13-30(53)54)40-33(57)21(6-11-28(49)50)38-31(55)19(36)4-9-26(45)46/h19-24H,2-17,36H2,1H3,(H,37,56)(H,38,55)(H,39,58)(H,40,57)(H,41,59)(H,45,46)(H,47,48)(H,49,50)(H,51,52)(H,53,54)/t19-,20-,21-,22-,23-,24+/m1/s1. The topological polar surface area (TPSA) is 405 Å². The fourth-order valence-corrected chi connectivity index (χ4v) is 5.75. The van der Waals surface area contributed by atoms with Crippen LogP contribution in [-0.4, -0.2) is 164 Å². The van der Waals surface area contributed by atoms with Gasteiger partial charge in [-0.25, -0.2) is 0 Å². The van der Waals surface area contributed by atoms with Gasteiger partial charge >= 0.3 is 29.8 Å². The molecule has 6 atom stereocenters. The number of amides is 6. The molecule has 336 valence electrons. The lowest BCUT2D eigenvalue weighted by Gasteiger charge is -2.26. The maximum atomic E-state index is 13.5. The van der Waals surface area contributed by atoms with E-state index in [9.17, 15) is 72.9 Å². The largest absolute Gasteiger partial charge is 0.481 e. The second kappa shape index (κ2) is 26.7. The molecule has 0 aromatic rings. The van der Waals surface area contributed by atoms with Gasteiger partial charge in [-0.2, -0.15) is 0 Å². The highest BCUT2D eigenvalue weighted by Gasteiger charge is 2.34. The third kappa shape index (κ3) is 20.4. The van der Waals surface area contributed by atoms with Gasteiger partial charge < -0.3 is 67.5 Å². The van der Waals surface area contributed by atoms with Crippen molar-refractivity contribution in [2.75, 3.05) is 26.3 Å². The number of nitrogens with one attached hydrogen (secondary N) is 5. The van der Waals surface area contributed by atoms with Crippen LogP contribution in [0, 0.1) is 0 Å². The van der Waals surface area contributed by atoms with Gasteiger partial charge in [-0.1, -0.05) is 0 Å². The van der Waals surface area contributed by atoms with Gasteiger partial charge in [-0.15, -0.1) is 0 Å². The zero-order chi connectivity index (χ0) is 45.5. The van der Waals surface area contributed by atoms with E-state index in [4.69, 9.17) is 20.7 Å². The number of Topliss-reactive ketones (excluding diaryl/α,β-unsaturated/α-hetero) is 1. The Kier molecular flexibility index (Phi) is 23.0. The lowest BCUT2D eigenvalue weighted by molar-refractivity contribution is -0.141. The molecule has 0 unspecified atom stereocenters. The average molecular weight is 860 g/mol. The lowest BCUT2D eigenvalue weighted by atomic mass is 10.0. The second-order valence-corrected chi connectivity index (χ2v) is 13.7. The number of rotatable bonds is 30. The normalized spacial score (nSPS) is 15.8. The molecule has 1 aliphatic heterocycles. The molecule has 25 heteroatoms. The molecule has 60 heavy (non-hydrogen) atoms. The molecule has 1 aliphatic rings. The third-order valence-corrected chi connectivity index (χ3v) is 8.94. The van der Waals surface area contributed by atoms with Crippen molar-refractivity contribution in [1.82, 2.24) is 31.5 Å². The molecule has 1 rings (SSSR count).